The van der Waals surface area contributed by atoms with E-state index >= 15 is 0 Å². The second-order valence-electron chi connectivity index (χ2n) is 22.3. The molecule has 0 unspecified atom stereocenters. The molecule has 10 aromatic rings. The summed E-state index contributed by atoms with van der Waals surface area (Å²) in [5.41, 5.74) is 27.3. The van der Waals surface area contributed by atoms with E-state index in [1.807, 2.05) is 0 Å². The highest BCUT2D eigenvalue weighted by atomic mass is 16.5. The minimum atomic E-state index is 0.0156. The standard InChI is InChI=1S/C66H51B2N5O2/c1-2-22-44(23-3-1)73-55-38-59-51(67-49-24-8-16-42-20-12-30-71(65(42)49)57-32-45(34-61(74-59)63(57)67)69-28-10-18-40-14-4-6-26-53(40)69)36-47(55)48-37-52-60(39-56(48)73)75-62-35-46(70-29-11-19-41-15-5-7-27-54(41)70)33-58-64(62)68(52)50-25-9-17-43-21-13-31-72(58)66(43)50/h1-9,14-17,22-27,32-39H,10-13,18-21,28-31H2. The number of aryl methyl sites for hydroxylation is 4. The molecule has 0 radical (unpaired) electrons. The molecule has 0 amide bonds. The zero-order valence-electron chi connectivity index (χ0n) is 41.8. The Hall–Kier alpha value is -8.29. The number of para-hydroxylation sites is 5. The molecule has 0 saturated heterocycles. The van der Waals surface area contributed by atoms with Crippen molar-refractivity contribution < 1.29 is 9.47 Å². The van der Waals surface area contributed by atoms with Crippen LogP contribution in [-0.4, -0.2) is 44.2 Å². The van der Waals surface area contributed by atoms with E-state index in [-0.39, 0.29) is 13.4 Å². The second-order valence-corrected chi connectivity index (χ2v) is 22.3. The van der Waals surface area contributed by atoms with Crippen LogP contribution in [0.1, 0.15) is 47.9 Å². The number of benzene rings is 9. The Balaban J connectivity index is 0.874. The van der Waals surface area contributed by atoms with Gasteiger partial charge in [-0.1, -0.05) is 103 Å². The van der Waals surface area contributed by atoms with Gasteiger partial charge in [-0.3, -0.25) is 0 Å². The monoisotopic (exact) mass is 967 g/mol. The second kappa shape index (κ2) is 15.2. The summed E-state index contributed by atoms with van der Waals surface area (Å²) in [6.07, 6.45) is 8.90. The molecule has 0 atom stereocenters. The van der Waals surface area contributed by atoms with Crippen molar-refractivity contribution in [2.45, 2.75) is 51.4 Å². The molecule has 75 heavy (non-hydrogen) atoms. The Kier molecular flexibility index (Phi) is 8.31. The molecule has 358 valence electrons. The number of fused-ring (bicyclic) bond motifs is 13. The van der Waals surface area contributed by atoms with Crippen molar-refractivity contribution in [2.24, 2.45) is 0 Å². The van der Waals surface area contributed by atoms with Crippen molar-refractivity contribution in [2.75, 3.05) is 45.8 Å². The molecule has 0 saturated carbocycles. The molecule has 9 heteroatoms. The zero-order valence-corrected chi connectivity index (χ0v) is 41.8. The van der Waals surface area contributed by atoms with Crippen LogP contribution in [0.3, 0.4) is 0 Å². The minimum Gasteiger partial charge on any atom is -0.458 e. The van der Waals surface area contributed by atoms with Gasteiger partial charge >= 0.3 is 0 Å². The van der Waals surface area contributed by atoms with Crippen LogP contribution in [0.25, 0.3) is 27.5 Å². The molecule has 0 N–H and O–H groups in total. The lowest BCUT2D eigenvalue weighted by Gasteiger charge is -2.44. The predicted molar refractivity (Wildman–Crippen MR) is 310 cm³/mol. The zero-order chi connectivity index (χ0) is 48.6. The topological polar surface area (TPSA) is 36.4 Å². The third-order valence-corrected chi connectivity index (χ3v) is 18.4. The molecule has 8 aliphatic heterocycles. The predicted octanol–water partition coefficient (Wildman–Crippen LogP) is 11.0. The van der Waals surface area contributed by atoms with Gasteiger partial charge in [-0.2, -0.15) is 0 Å². The van der Waals surface area contributed by atoms with Crippen LogP contribution in [0, 0.1) is 0 Å². The quantitative estimate of drug-likeness (QED) is 0.164. The number of nitrogens with zero attached hydrogens (tertiary/aromatic N) is 5. The first-order valence-corrected chi connectivity index (χ1v) is 27.6. The van der Waals surface area contributed by atoms with Crippen molar-refractivity contribution in [3.05, 3.63) is 186 Å². The van der Waals surface area contributed by atoms with Crippen molar-refractivity contribution in [3.8, 4) is 28.7 Å². The Morgan fingerprint density at radius 3 is 1.28 bits per heavy atom. The van der Waals surface area contributed by atoms with Crippen LogP contribution in [0.4, 0.5) is 45.5 Å². The number of aromatic nitrogens is 1. The molecule has 9 heterocycles. The summed E-state index contributed by atoms with van der Waals surface area (Å²) < 4.78 is 17.4. The summed E-state index contributed by atoms with van der Waals surface area (Å²) in [4.78, 5) is 10.4. The van der Waals surface area contributed by atoms with Gasteiger partial charge in [0.2, 0.25) is 0 Å². The summed E-state index contributed by atoms with van der Waals surface area (Å²) in [6.45, 7) is 3.98. The van der Waals surface area contributed by atoms with E-state index in [0.717, 1.165) is 117 Å². The van der Waals surface area contributed by atoms with Gasteiger partial charge in [0.15, 0.2) is 0 Å². The average Bonchev–Trinajstić information content (AvgIpc) is 3.80. The molecule has 0 fully saturated rings. The Morgan fingerprint density at radius 2 is 0.773 bits per heavy atom. The maximum atomic E-state index is 7.45. The van der Waals surface area contributed by atoms with Crippen LogP contribution in [0.5, 0.6) is 23.0 Å². The molecule has 9 aromatic carbocycles. The molecule has 8 aliphatic rings. The van der Waals surface area contributed by atoms with Crippen LogP contribution >= 0.6 is 0 Å². The van der Waals surface area contributed by atoms with Gasteiger partial charge in [0, 0.05) is 112 Å². The van der Waals surface area contributed by atoms with Crippen molar-refractivity contribution in [1.82, 2.24) is 4.57 Å². The lowest BCUT2D eigenvalue weighted by atomic mass is 9.33. The Bertz CT molecular complexity index is 3920. The third-order valence-electron chi connectivity index (χ3n) is 18.4. The normalized spacial score (nSPS) is 16.7. The van der Waals surface area contributed by atoms with Gasteiger partial charge in [-0.15, -0.1) is 0 Å². The molecule has 0 bridgehead atoms. The third kappa shape index (κ3) is 5.63. The molecule has 0 aliphatic carbocycles. The first kappa shape index (κ1) is 41.1. The van der Waals surface area contributed by atoms with Gasteiger partial charge in [0.05, 0.1) is 11.0 Å². The molecular formula is C66H51B2N5O2. The Labute approximate surface area is 437 Å². The Morgan fingerprint density at radius 1 is 0.333 bits per heavy atom. The van der Waals surface area contributed by atoms with Gasteiger partial charge in [0.25, 0.3) is 13.4 Å². The van der Waals surface area contributed by atoms with E-state index in [4.69, 9.17) is 9.47 Å². The van der Waals surface area contributed by atoms with Gasteiger partial charge < -0.3 is 33.6 Å². The van der Waals surface area contributed by atoms with Gasteiger partial charge in [-0.05, 0) is 143 Å². The number of ether oxygens (including phenoxy) is 2. The number of anilines is 8. The van der Waals surface area contributed by atoms with E-state index in [2.05, 4.69) is 188 Å². The fourth-order valence-corrected chi connectivity index (χ4v) is 15.4. The fourth-order valence-electron chi connectivity index (χ4n) is 15.4. The highest BCUT2D eigenvalue weighted by Crippen LogP contribution is 2.48. The lowest BCUT2D eigenvalue weighted by molar-refractivity contribution is 0.488. The minimum absolute atomic E-state index is 0.0156. The van der Waals surface area contributed by atoms with Crippen molar-refractivity contribution >= 4 is 114 Å². The van der Waals surface area contributed by atoms with E-state index in [1.165, 1.54) is 111 Å². The summed E-state index contributed by atoms with van der Waals surface area (Å²) >= 11 is 0. The average molecular weight is 968 g/mol. The van der Waals surface area contributed by atoms with E-state index < -0.39 is 0 Å². The lowest BCUT2D eigenvalue weighted by Crippen LogP contribution is -2.61. The van der Waals surface area contributed by atoms with Crippen molar-refractivity contribution in [1.29, 1.82) is 0 Å². The van der Waals surface area contributed by atoms with E-state index in [1.54, 1.807) is 0 Å². The molecule has 0 spiro atoms. The molecular weight excluding hydrogens is 916 g/mol. The van der Waals surface area contributed by atoms with Crippen LogP contribution < -0.4 is 61.9 Å². The van der Waals surface area contributed by atoms with Crippen LogP contribution in [0.15, 0.2) is 164 Å². The summed E-state index contributed by atoms with van der Waals surface area (Å²) in [5.74, 6) is 3.79. The van der Waals surface area contributed by atoms with Crippen molar-refractivity contribution in [3.63, 3.8) is 0 Å². The van der Waals surface area contributed by atoms with Gasteiger partial charge in [-0.25, -0.2) is 0 Å². The smallest absolute Gasteiger partial charge is 0.256 e. The first-order valence-electron chi connectivity index (χ1n) is 27.6. The van der Waals surface area contributed by atoms with E-state index in [9.17, 15) is 0 Å². The number of hydrogen-bond donors (Lipinski definition) is 0. The summed E-state index contributed by atoms with van der Waals surface area (Å²) in [7, 11) is 0. The fraction of sp³-hybridized carbons (Fsp3) is 0.182. The summed E-state index contributed by atoms with van der Waals surface area (Å²) in [6, 6.07) is 62.5. The molecule has 7 nitrogen and oxygen atoms in total. The van der Waals surface area contributed by atoms with Crippen LogP contribution in [-0.2, 0) is 25.7 Å². The van der Waals surface area contributed by atoms with E-state index in [0.29, 0.717) is 0 Å². The molecule has 18 rings (SSSR count). The SMILES string of the molecule is c1ccc(-n2c3cc4c(cc3c3cc5c(cc32)Oc2cc(N3CCCc6ccccc63)cc3c2B5c2cccc5c2N3CCC5)B2c3cccc5c3N(CCC5)c3cc(N5CCCc6ccccc65)cc(c32)O4)cc1. The maximum absolute atomic E-state index is 7.45. The van der Waals surface area contributed by atoms with Gasteiger partial charge in [0.1, 0.15) is 23.0 Å². The maximum Gasteiger partial charge on any atom is 0.256 e. The number of rotatable bonds is 3. The first-order chi connectivity index (χ1) is 37.2. The molecule has 1 aromatic heterocycles. The summed E-state index contributed by atoms with van der Waals surface area (Å²) in [5, 5.41) is 2.46. The number of hydrogen-bond acceptors (Lipinski definition) is 6. The largest absolute Gasteiger partial charge is 0.458 e. The highest BCUT2D eigenvalue weighted by Gasteiger charge is 2.46. The highest BCUT2D eigenvalue weighted by molar-refractivity contribution is 7.00. The van der Waals surface area contributed by atoms with Crippen LogP contribution in [0.2, 0.25) is 0 Å².